The molecule has 2 aliphatic heterocycles. The highest BCUT2D eigenvalue weighted by molar-refractivity contribution is 6.17. The van der Waals surface area contributed by atoms with Gasteiger partial charge in [-0.1, -0.05) is 36.4 Å². The lowest BCUT2D eigenvalue weighted by Crippen LogP contribution is -2.56. The van der Waals surface area contributed by atoms with Crippen molar-refractivity contribution in [3.05, 3.63) is 59.8 Å². The van der Waals surface area contributed by atoms with Gasteiger partial charge < -0.3 is 4.74 Å². The number of allylic oxidation sites excluding steroid dienone is 3. The molecule has 0 amide bonds. The zero-order valence-corrected chi connectivity index (χ0v) is 13.4. The minimum atomic E-state index is -5.05. The molecule has 25 heavy (non-hydrogen) atoms. The standard InChI is InChI=1S/C17H14F3N3O2/c1-11-7-6-10-13-21-16(15(24)25-2,17(18,19)20)22-14(23(11)13)12-8-4-3-5-9-12/h3-10H,1-2H3. The van der Waals surface area contributed by atoms with E-state index in [-0.39, 0.29) is 11.7 Å². The Morgan fingerprint density at radius 1 is 1.20 bits per heavy atom. The Morgan fingerprint density at radius 2 is 1.88 bits per heavy atom. The van der Waals surface area contributed by atoms with Gasteiger partial charge in [-0.2, -0.15) is 13.2 Å². The van der Waals surface area contributed by atoms with Crippen molar-refractivity contribution in [2.45, 2.75) is 18.8 Å². The zero-order chi connectivity index (χ0) is 18.2. The summed E-state index contributed by atoms with van der Waals surface area (Å²) in [6.45, 7) is 1.72. The molecule has 8 heteroatoms. The number of amidine groups is 2. The summed E-state index contributed by atoms with van der Waals surface area (Å²) < 4.78 is 45.8. The first kappa shape index (κ1) is 16.9. The Bertz CT molecular complexity index is 825. The fourth-order valence-electron chi connectivity index (χ4n) is 2.62. The number of benzene rings is 1. The summed E-state index contributed by atoms with van der Waals surface area (Å²) in [5.41, 5.74) is -2.28. The Kier molecular flexibility index (Phi) is 3.98. The lowest BCUT2D eigenvalue weighted by atomic mass is 10.1. The molecule has 0 aliphatic carbocycles. The highest BCUT2D eigenvalue weighted by Crippen LogP contribution is 2.40. The Balaban J connectivity index is 2.29. The third kappa shape index (κ3) is 2.63. The Labute approximate surface area is 141 Å². The van der Waals surface area contributed by atoms with Crippen molar-refractivity contribution in [3.63, 3.8) is 0 Å². The highest BCUT2D eigenvalue weighted by Gasteiger charge is 2.65. The maximum atomic E-state index is 13.8. The minimum absolute atomic E-state index is 0.0218. The van der Waals surface area contributed by atoms with E-state index in [0.717, 1.165) is 7.11 Å². The SMILES string of the molecule is COC(=O)C1(C(F)(F)F)N=C2C=CC=C(C)N2C(c2ccccc2)=N1. The van der Waals surface area contributed by atoms with Gasteiger partial charge in [0.1, 0.15) is 11.7 Å². The summed E-state index contributed by atoms with van der Waals surface area (Å²) >= 11 is 0. The van der Waals surface area contributed by atoms with E-state index in [1.807, 2.05) is 0 Å². The first-order valence-electron chi connectivity index (χ1n) is 7.35. The number of alkyl halides is 3. The van der Waals surface area contributed by atoms with Crippen LogP contribution in [0.2, 0.25) is 0 Å². The van der Waals surface area contributed by atoms with E-state index in [1.54, 1.807) is 49.4 Å². The molecule has 0 saturated carbocycles. The van der Waals surface area contributed by atoms with Crippen molar-refractivity contribution in [1.29, 1.82) is 0 Å². The van der Waals surface area contributed by atoms with Gasteiger partial charge in [0, 0.05) is 11.3 Å². The number of nitrogens with zero attached hydrogens (tertiary/aromatic N) is 3. The van der Waals surface area contributed by atoms with Gasteiger partial charge in [0.2, 0.25) is 0 Å². The van der Waals surface area contributed by atoms with Gasteiger partial charge in [-0.15, -0.1) is 0 Å². The molecule has 1 atom stereocenters. The minimum Gasteiger partial charge on any atom is -0.465 e. The molecule has 0 radical (unpaired) electrons. The van der Waals surface area contributed by atoms with E-state index in [0.29, 0.717) is 11.3 Å². The van der Waals surface area contributed by atoms with E-state index >= 15 is 0 Å². The number of hydrogen-bond acceptors (Lipinski definition) is 5. The molecule has 1 aromatic carbocycles. The molecule has 5 nitrogen and oxygen atoms in total. The molecular formula is C17H14F3N3O2. The molecule has 2 aliphatic rings. The summed E-state index contributed by atoms with van der Waals surface area (Å²) in [5.74, 6) is -1.64. The van der Waals surface area contributed by atoms with E-state index in [9.17, 15) is 18.0 Å². The largest absolute Gasteiger partial charge is 0.465 e. The molecule has 0 spiro atoms. The number of carbonyl (C=O) groups is 1. The molecule has 0 N–H and O–H groups in total. The lowest BCUT2D eigenvalue weighted by Gasteiger charge is -2.37. The van der Waals surface area contributed by atoms with Gasteiger partial charge in [-0.05, 0) is 19.1 Å². The van der Waals surface area contributed by atoms with Crippen molar-refractivity contribution in [3.8, 4) is 0 Å². The maximum Gasteiger partial charge on any atom is 0.445 e. The molecule has 0 aromatic heterocycles. The number of aliphatic imine (C=N–C) groups is 2. The molecule has 0 saturated heterocycles. The second-order valence-electron chi connectivity index (χ2n) is 5.44. The molecule has 3 rings (SSSR count). The second-order valence-corrected chi connectivity index (χ2v) is 5.44. The highest BCUT2D eigenvalue weighted by atomic mass is 19.4. The van der Waals surface area contributed by atoms with Crippen molar-refractivity contribution in [2.75, 3.05) is 7.11 Å². The monoisotopic (exact) mass is 349 g/mol. The fraction of sp³-hybridized carbons (Fsp3) is 0.235. The smallest absolute Gasteiger partial charge is 0.445 e. The van der Waals surface area contributed by atoms with Gasteiger partial charge >= 0.3 is 17.8 Å². The van der Waals surface area contributed by atoms with Crippen LogP contribution in [0.1, 0.15) is 12.5 Å². The van der Waals surface area contributed by atoms with Crippen LogP contribution in [-0.2, 0) is 9.53 Å². The summed E-state index contributed by atoms with van der Waals surface area (Å²) in [4.78, 5) is 20.9. The van der Waals surface area contributed by atoms with Gasteiger partial charge in [0.25, 0.3) is 0 Å². The second kappa shape index (κ2) is 5.87. The first-order valence-corrected chi connectivity index (χ1v) is 7.35. The van der Waals surface area contributed by atoms with E-state index < -0.39 is 17.8 Å². The van der Waals surface area contributed by atoms with Gasteiger partial charge in [-0.3, -0.25) is 4.90 Å². The first-order chi connectivity index (χ1) is 11.8. The third-order valence-corrected chi connectivity index (χ3v) is 3.82. The van der Waals surface area contributed by atoms with Crippen LogP contribution in [0.25, 0.3) is 0 Å². The molecule has 130 valence electrons. The average Bonchev–Trinajstić information content (AvgIpc) is 2.60. The van der Waals surface area contributed by atoms with Crippen LogP contribution in [0.4, 0.5) is 13.2 Å². The van der Waals surface area contributed by atoms with Gasteiger partial charge in [0.15, 0.2) is 0 Å². The summed E-state index contributed by atoms with van der Waals surface area (Å²) in [5, 5.41) is 0. The Hall–Kier alpha value is -2.90. The lowest BCUT2D eigenvalue weighted by molar-refractivity contribution is -0.202. The van der Waals surface area contributed by atoms with Gasteiger partial charge in [-0.25, -0.2) is 14.8 Å². The summed E-state index contributed by atoms with van der Waals surface area (Å²) in [6, 6.07) is 8.32. The third-order valence-electron chi connectivity index (χ3n) is 3.82. The molecule has 0 fully saturated rings. The number of carbonyl (C=O) groups excluding carboxylic acids is 1. The number of rotatable bonds is 2. The van der Waals surface area contributed by atoms with Crippen LogP contribution in [0.3, 0.4) is 0 Å². The van der Waals surface area contributed by atoms with Crippen molar-refractivity contribution >= 4 is 17.6 Å². The zero-order valence-electron chi connectivity index (χ0n) is 13.4. The number of fused-ring (bicyclic) bond motifs is 1. The normalized spacial score (nSPS) is 22.6. The Morgan fingerprint density at radius 3 is 2.48 bits per heavy atom. The number of methoxy groups -OCH3 is 1. The van der Waals surface area contributed by atoms with E-state index in [2.05, 4.69) is 14.7 Å². The van der Waals surface area contributed by atoms with Crippen LogP contribution in [0, 0.1) is 0 Å². The van der Waals surface area contributed by atoms with Crippen molar-refractivity contribution < 1.29 is 22.7 Å². The summed E-state index contributed by atoms with van der Waals surface area (Å²) in [6.07, 6.45) is -0.372. The molecule has 1 aromatic rings. The number of ether oxygens (including phenoxy) is 1. The quantitative estimate of drug-likeness (QED) is 0.771. The van der Waals surface area contributed by atoms with Crippen LogP contribution in [-0.4, -0.2) is 41.5 Å². The van der Waals surface area contributed by atoms with E-state index in [4.69, 9.17) is 0 Å². The van der Waals surface area contributed by atoms with Crippen LogP contribution < -0.4 is 0 Å². The number of halogens is 3. The van der Waals surface area contributed by atoms with Gasteiger partial charge in [0.05, 0.1) is 7.11 Å². The number of esters is 1. The van der Waals surface area contributed by atoms with Crippen LogP contribution in [0.15, 0.2) is 64.2 Å². The fourth-order valence-corrected chi connectivity index (χ4v) is 2.62. The van der Waals surface area contributed by atoms with Crippen molar-refractivity contribution in [1.82, 2.24) is 4.90 Å². The average molecular weight is 349 g/mol. The topological polar surface area (TPSA) is 54.3 Å². The van der Waals surface area contributed by atoms with Crippen molar-refractivity contribution in [2.24, 2.45) is 9.98 Å². The predicted octanol–water partition coefficient (Wildman–Crippen LogP) is 3.05. The van der Waals surface area contributed by atoms with E-state index in [1.165, 1.54) is 11.0 Å². The van der Waals surface area contributed by atoms with Crippen LogP contribution in [0.5, 0.6) is 0 Å². The molecule has 2 heterocycles. The predicted molar refractivity (Wildman–Crippen MR) is 86.0 cm³/mol. The maximum absolute atomic E-state index is 13.8. The molecule has 1 unspecified atom stereocenters. The summed E-state index contributed by atoms with van der Waals surface area (Å²) in [7, 11) is 0.877. The van der Waals surface area contributed by atoms with Crippen LogP contribution >= 0.6 is 0 Å². The number of hydrogen-bond donors (Lipinski definition) is 0. The molecule has 0 bridgehead atoms. The molecular weight excluding hydrogens is 335 g/mol.